The van der Waals surface area contributed by atoms with Crippen molar-refractivity contribution in [2.75, 3.05) is 13.2 Å². The smallest absolute Gasteiger partial charge is 0.374 e. The van der Waals surface area contributed by atoms with Crippen molar-refractivity contribution >= 4 is 0 Å². The van der Waals surface area contributed by atoms with Gasteiger partial charge >= 0.3 is 6.18 Å². The van der Waals surface area contributed by atoms with Gasteiger partial charge in [0.05, 0.1) is 11.2 Å². The van der Waals surface area contributed by atoms with E-state index in [1.54, 1.807) is 0 Å². The number of benzene rings is 1. The van der Waals surface area contributed by atoms with Gasteiger partial charge in [0.15, 0.2) is 0 Å². The third-order valence-electron chi connectivity index (χ3n) is 3.41. The number of halogens is 4. The molecule has 0 amide bonds. The van der Waals surface area contributed by atoms with Gasteiger partial charge in [-0.15, -0.1) is 0 Å². The summed E-state index contributed by atoms with van der Waals surface area (Å²) in [7, 11) is 0. The first-order valence-corrected chi connectivity index (χ1v) is 6.50. The van der Waals surface area contributed by atoms with Crippen molar-refractivity contribution < 1.29 is 22.3 Å². The van der Waals surface area contributed by atoms with Crippen LogP contribution in [0.2, 0.25) is 0 Å². The van der Waals surface area contributed by atoms with Crippen LogP contribution in [0.15, 0.2) is 18.2 Å². The molecular weight excluding hydrogens is 274 g/mol. The summed E-state index contributed by atoms with van der Waals surface area (Å²) in [4.78, 5) is 0. The van der Waals surface area contributed by atoms with Gasteiger partial charge in [0.25, 0.3) is 0 Å². The second kappa shape index (κ2) is 5.69. The van der Waals surface area contributed by atoms with Crippen LogP contribution in [0.4, 0.5) is 17.6 Å². The van der Waals surface area contributed by atoms with Crippen LogP contribution in [-0.2, 0) is 17.5 Å². The largest absolute Gasteiger partial charge is 0.416 e. The van der Waals surface area contributed by atoms with Crippen molar-refractivity contribution in [2.45, 2.75) is 38.1 Å². The van der Waals surface area contributed by atoms with Crippen molar-refractivity contribution in [3.05, 3.63) is 35.1 Å². The minimum Gasteiger partial charge on any atom is -0.374 e. The number of ether oxygens (including phenoxy) is 1. The molecular formula is C14H17F4NO. The zero-order valence-electron chi connectivity index (χ0n) is 11.2. The molecule has 2 nitrogen and oxygen atoms in total. The van der Waals surface area contributed by atoms with E-state index in [9.17, 15) is 17.6 Å². The molecule has 1 unspecified atom stereocenters. The summed E-state index contributed by atoms with van der Waals surface area (Å²) < 4.78 is 56.5. The molecule has 6 heteroatoms. The summed E-state index contributed by atoms with van der Waals surface area (Å²) in [5.41, 5.74) is -0.961. The topological polar surface area (TPSA) is 21.3 Å². The van der Waals surface area contributed by atoms with E-state index in [2.05, 4.69) is 5.32 Å². The maximum Gasteiger partial charge on any atom is 0.416 e. The van der Waals surface area contributed by atoms with Crippen molar-refractivity contribution in [3.8, 4) is 0 Å². The molecule has 20 heavy (non-hydrogen) atoms. The average Bonchev–Trinajstić information content (AvgIpc) is 2.74. The van der Waals surface area contributed by atoms with Gasteiger partial charge in [-0.1, -0.05) is 0 Å². The van der Waals surface area contributed by atoms with Crippen LogP contribution in [0.5, 0.6) is 0 Å². The molecule has 1 aliphatic rings. The van der Waals surface area contributed by atoms with Crippen LogP contribution in [0.3, 0.4) is 0 Å². The fourth-order valence-corrected chi connectivity index (χ4v) is 2.36. The van der Waals surface area contributed by atoms with Crippen LogP contribution in [0.25, 0.3) is 0 Å². The van der Waals surface area contributed by atoms with E-state index in [1.165, 1.54) is 0 Å². The van der Waals surface area contributed by atoms with Gasteiger partial charge in [0.2, 0.25) is 0 Å². The Morgan fingerprint density at radius 1 is 1.30 bits per heavy atom. The number of hydrogen-bond donors (Lipinski definition) is 1. The Morgan fingerprint density at radius 2 is 2.05 bits per heavy atom. The highest BCUT2D eigenvalue weighted by Gasteiger charge is 2.32. The summed E-state index contributed by atoms with van der Waals surface area (Å²) >= 11 is 0. The second-order valence-electron chi connectivity index (χ2n) is 5.35. The standard InChI is InChI=1S/C14H17F4NO/c1-13(3-2-4-20-13)9-19-8-10-5-11(14(16,17)18)7-12(15)6-10/h5-7,19H,2-4,8-9H2,1H3. The first kappa shape index (κ1) is 15.3. The van der Waals surface area contributed by atoms with Gasteiger partial charge in [0.1, 0.15) is 5.82 Å². The fraction of sp³-hybridized carbons (Fsp3) is 0.571. The van der Waals surface area contributed by atoms with Crippen LogP contribution >= 0.6 is 0 Å². The SMILES string of the molecule is CC1(CNCc2cc(F)cc(C(F)(F)F)c2)CCCO1. The number of hydrogen-bond acceptors (Lipinski definition) is 2. The molecule has 0 bridgehead atoms. The van der Waals surface area contributed by atoms with Gasteiger partial charge in [-0.3, -0.25) is 0 Å². The maximum atomic E-state index is 13.2. The second-order valence-corrected chi connectivity index (χ2v) is 5.35. The third-order valence-corrected chi connectivity index (χ3v) is 3.41. The van der Waals surface area contributed by atoms with Crippen LogP contribution in [-0.4, -0.2) is 18.8 Å². The summed E-state index contributed by atoms with van der Waals surface area (Å²) in [6.45, 7) is 3.38. The highest BCUT2D eigenvalue weighted by molar-refractivity contribution is 5.26. The molecule has 1 aromatic rings. The zero-order valence-corrected chi connectivity index (χ0v) is 11.2. The van der Waals surface area contributed by atoms with Gasteiger partial charge in [0, 0.05) is 19.7 Å². The first-order chi connectivity index (χ1) is 9.28. The number of alkyl halides is 3. The Kier molecular flexibility index (Phi) is 4.34. The van der Waals surface area contributed by atoms with Crippen LogP contribution < -0.4 is 5.32 Å². The molecule has 1 saturated heterocycles. The molecule has 1 aromatic carbocycles. The summed E-state index contributed by atoms with van der Waals surface area (Å²) in [5, 5.41) is 3.03. The van der Waals surface area contributed by atoms with Gasteiger partial charge in [-0.05, 0) is 43.5 Å². The summed E-state index contributed by atoms with van der Waals surface area (Å²) in [6.07, 6.45) is -2.63. The van der Waals surface area contributed by atoms with Crippen LogP contribution in [0.1, 0.15) is 30.9 Å². The maximum absolute atomic E-state index is 13.2. The van der Waals surface area contributed by atoms with Crippen LogP contribution in [0, 0.1) is 5.82 Å². The molecule has 1 atom stereocenters. The predicted molar refractivity (Wildman–Crippen MR) is 66.7 cm³/mol. The van der Waals surface area contributed by atoms with E-state index >= 15 is 0 Å². The van der Waals surface area contributed by atoms with Gasteiger partial charge in [-0.25, -0.2) is 4.39 Å². The van der Waals surface area contributed by atoms with E-state index < -0.39 is 17.6 Å². The van der Waals surface area contributed by atoms with E-state index in [0.29, 0.717) is 19.2 Å². The Balaban J connectivity index is 1.97. The summed E-state index contributed by atoms with van der Waals surface area (Å²) in [5.74, 6) is -0.875. The third kappa shape index (κ3) is 3.93. The fourth-order valence-electron chi connectivity index (χ4n) is 2.36. The van der Waals surface area contributed by atoms with Crippen molar-refractivity contribution in [2.24, 2.45) is 0 Å². The molecule has 1 fully saturated rings. The monoisotopic (exact) mass is 291 g/mol. The normalized spacial score (nSPS) is 23.2. The predicted octanol–water partition coefficient (Wildman–Crippen LogP) is 3.50. The molecule has 1 aliphatic heterocycles. The number of nitrogens with one attached hydrogen (secondary N) is 1. The lowest BCUT2D eigenvalue weighted by molar-refractivity contribution is -0.137. The quantitative estimate of drug-likeness (QED) is 0.857. The lowest BCUT2D eigenvalue weighted by Crippen LogP contribution is -2.36. The molecule has 0 aromatic heterocycles. The molecule has 1 N–H and O–H groups in total. The van der Waals surface area contributed by atoms with Gasteiger partial charge in [-0.2, -0.15) is 13.2 Å². The molecule has 0 saturated carbocycles. The molecule has 2 rings (SSSR count). The molecule has 112 valence electrons. The van der Waals surface area contributed by atoms with Crippen molar-refractivity contribution in [1.29, 1.82) is 0 Å². The van der Waals surface area contributed by atoms with Crippen molar-refractivity contribution in [3.63, 3.8) is 0 Å². The first-order valence-electron chi connectivity index (χ1n) is 6.50. The Hall–Kier alpha value is -1.14. The number of rotatable bonds is 4. The molecule has 1 heterocycles. The lowest BCUT2D eigenvalue weighted by atomic mass is 10.0. The highest BCUT2D eigenvalue weighted by atomic mass is 19.4. The van der Waals surface area contributed by atoms with Crippen molar-refractivity contribution in [1.82, 2.24) is 5.32 Å². The molecule has 0 spiro atoms. The molecule has 0 radical (unpaired) electrons. The highest BCUT2D eigenvalue weighted by Crippen LogP contribution is 2.30. The average molecular weight is 291 g/mol. The van der Waals surface area contributed by atoms with E-state index in [4.69, 9.17) is 4.74 Å². The van der Waals surface area contributed by atoms with E-state index in [-0.39, 0.29) is 17.7 Å². The minimum atomic E-state index is -4.53. The molecule has 0 aliphatic carbocycles. The zero-order chi connectivity index (χ0) is 14.8. The summed E-state index contributed by atoms with van der Waals surface area (Å²) in [6, 6.07) is 2.58. The van der Waals surface area contributed by atoms with E-state index in [1.807, 2.05) is 6.92 Å². The Bertz CT molecular complexity index is 467. The minimum absolute atomic E-state index is 0.180. The Labute approximate surface area is 115 Å². The lowest BCUT2D eigenvalue weighted by Gasteiger charge is -2.23. The van der Waals surface area contributed by atoms with E-state index in [0.717, 1.165) is 25.0 Å². The van der Waals surface area contributed by atoms with Gasteiger partial charge < -0.3 is 10.1 Å². The Morgan fingerprint density at radius 3 is 2.65 bits per heavy atom.